The zero-order valence-corrected chi connectivity index (χ0v) is 19.3. The number of pyridine rings is 1. The molecule has 2 bridgehead atoms. The van der Waals surface area contributed by atoms with Crippen LogP contribution in [0.5, 0.6) is 5.75 Å². The number of rotatable bonds is 4. The third-order valence-corrected chi connectivity index (χ3v) is 7.62. The first-order valence-corrected chi connectivity index (χ1v) is 11.6. The fourth-order valence-corrected chi connectivity index (χ4v) is 5.81. The lowest BCUT2D eigenvalue weighted by Crippen LogP contribution is -2.77. The van der Waals surface area contributed by atoms with Gasteiger partial charge >= 0.3 is 6.18 Å². The number of ether oxygens (including phenoxy) is 1. The van der Waals surface area contributed by atoms with Crippen LogP contribution in [-0.2, 0) is 16.4 Å². The lowest BCUT2D eigenvalue weighted by Gasteiger charge is -2.71. The van der Waals surface area contributed by atoms with E-state index in [-0.39, 0.29) is 28.4 Å². The Morgan fingerprint density at radius 2 is 2.00 bits per heavy atom. The van der Waals surface area contributed by atoms with Crippen molar-refractivity contribution in [3.8, 4) is 11.6 Å². The van der Waals surface area contributed by atoms with Crippen LogP contribution in [0.25, 0.3) is 5.82 Å². The summed E-state index contributed by atoms with van der Waals surface area (Å²) in [7, 11) is 0. The molecule has 2 atom stereocenters. The molecule has 3 saturated carbocycles. The molecule has 4 aliphatic rings. The number of carbonyl (C=O) groups excluding carboxylic acids is 1. The number of alkyl halides is 3. The second-order valence-corrected chi connectivity index (χ2v) is 10.2. The van der Waals surface area contributed by atoms with E-state index < -0.39 is 41.2 Å². The van der Waals surface area contributed by atoms with Gasteiger partial charge in [0.05, 0.1) is 22.9 Å². The number of aliphatic hydroxyl groups is 1. The van der Waals surface area contributed by atoms with Crippen molar-refractivity contribution in [3.63, 3.8) is 0 Å². The Balaban J connectivity index is 1.12. The molecule has 3 heterocycles. The van der Waals surface area contributed by atoms with E-state index in [2.05, 4.69) is 15.4 Å². The van der Waals surface area contributed by atoms with Crippen molar-refractivity contribution < 1.29 is 32.2 Å². The zero-order valence-electron chi connectivity index (χ0n) is 18.5. The maximum atomic E-state index is 13.8. The molecule has 1 aromatic carbocycles. The van der Waals surface area contributed by atoms with Crippen molar-refractivity contribution in [1.29, 1.82) is 0 Å². The highest BCUT2D eigenvalue weighted by molar-refractivity contribution is 6.30. The highest BCUT2D eigenvalue weighted by Gasteiger charge is 2.69. The van der Waals surface area contributed by atoms with Crippen LogP contribution < -0.4 is 10.1 Å². The summed E-state index contributed by atoms with van der Waals surface area (Å²) in [5.41, 5.74) is -0.230. The quantitative estimate of drug-likeness (QED) is 0.500. The molecule has 0 saturated heterocycles. The van der Waals surface area contributed by atoms with Crippen LogP contribution in [0.4, 0.5) is 17.6 Å². The minimum Gasteiger partial charge on any atom is -0.480 e. The minimum atomic E-state index is -4.49. The summed E-state index contributed by atoms with van der Waals surface area (Å²) < 4.78 is 59.3. The van der Waals surface area contributed by atoms with Gasteiger partial charge in [-0.1, -0.05) is 11.6 Å². The largest absolute Gasteiger partial charge is 0.480 e. The molecule has 12 heteroatoms. The van der Waals surface area contributed by atoms with Crippen molar-refractivity contribution in [2.45, 2.75) is 55.0 Å². The van der Waals surface area contributed by atoms with E-state index >= 15 is 0 Å². The van der Waals surface area contributed by atoms with E-state index in [1.165, 1.54) is 12.3 Å². The van der Waals surface area contributed by atoms with Gasteiger partial charge in [-0.3, -0.25) is 4.79 Å². The molecule has 188 valence electrons. The van der Waals surface area contributed by atoms with E-state index in [9.17, 15) is 27.5 Å². The average Bonchev–Trinajstić information content (AvgIpc) is 3.27. The van der Waals surface area contributed by atoms with Gasteiger partial charge in [-0.05, 0) is 43.0 Å². The molecule has 2 aromatic heterocycles. The van der Waals surface area contributed by atoms with E-state index in [4.69, 9.17) is 16.3 Å². The molecule has 36 heavy (non-hydrogen) atoms. The number of benzene rings is 1. The Hall–Kier alpha value is -3.18. The fourth-order valence-electron chi connectivity index (χ4n) is 5.63. The molecule has 7 nitrogen and oxygen atoms in total. The summed E-state index contributed by atoms with van der Waals surface area (Å²) in [6.07, 6.45) is -1.34. The van der Waals surface area contributed by atoms with E-state index in [0.717, 1.165) is 28.7 Å². The number of hydrogen-bond donors (Lipinski definition) is 2. The molecule has 2 N–H and O–H groups in total. The number of aromatic nitrogens is 3. The number of hydrogen-bond acceptors (Lipinski definition) is 5. The Morgan fingerprint density at radius 1 is 1.25 bits per heavy atom. The van der Waals surface area contributed by atoms with Gasteiger partial charge in [0.2, 0.25) is 0 Å². The summed E-state index contributed by atoms with van der Waals surface area (Å²) in [5, 5.41) is 17.1. The Kier molecular flexibility index (Phi) is 4.94. The molecule has 7 rings (SSSR count). The predicted molar refractivity (Wildman–Crippen MR) is 118 cm³/mol. The molecular weight excluding hydrogens is 504 g/mol. The summed E-state index contributed by atoms with van der Waals surface area (Å²) in [6.45, 7) is 0. The molecule has 0 radical (unpaired) electrons. The van der Waals surface area contributed by atoms with Gasteiger partial charge in [0, 0.05) is 41.4 Å². The maximum absolute atomic E-state index is 13.8. The number of amides is 1. The molecule has 3 aromatic rings. The summed E-state index contributed by atoms with van der Waals surface area (Å²) >= 11 is 5.78. The standard InChI is InChI=1S/C24H19ClF4N4O3/c25-15-4-14-17(34)6-19(36-18(14)5-16(15)26)21(35)32-23-9-22(10-23,11-23)12-1-2-30-20(3-12)33-8-13(7-31-33)24(27,28)29/h1-5,7-8,17,19,34H,6,9-11H2,(H,32,35)/t17-,19-,22?,23?/m1/s1. The number of aliphatic hydroxyl groups excluding tert-OH is 1. The highest BCUT2D eigenvalue weighted by atomic mass is 35.5. The van der Waals surface area contributed by atoms with Gasteiger partial charge < -0.3 is 15.2 Å². The molecule has 3 fully saturated rings. The van der Waals surface area contributed by atoms with Crippen LogP contribution in [0.15, 0.2) is 42.9 Å². The second kappa shape index (κ2) is 7.66. The summed E-state index contributed by atoms with van der Waals surface area (Å²) in [5.74, 6) is -0.732. The van der Waals surface area contributed by atoms with Crippen LogP contribution in [0.2, 0.25) is 5.02 Å². The van der Waals surface area contributed by atoms with Gasteiger partial charge in [-0.15, -0.1) is 0 Å². The van der Waals surface area contributed by atoms with Crippen molar-refractivity contribution in [2.75, 3.05) is 0 Å². The van der Waals surface area contributed by atoms with E-state index in [1.54, 1.807) is 6.07 Å². The molecule has 3 aliphatic carbocycles. The molecular formula is C24H19ClF4N4O3. The Morgan fingerprint density at radius 3 is 2.69 bits per heavy atom. The van der Waals surface area contributed by atoms with Crippen LogP contribution in [-0.4, -0.2) is 37.4 Å². The summed E-state index contributed by atoms with van der Waals surface area (Å²) in [4.78, 5) is 17.1. The van der Waals surface area contributed by atoms with Crippen LogP contribution in [0, 0.1) is 5.82 Å². The first-order chi connectivity index (χ1) is 17.0. The van der Waals surface area contributed by atoms with Gasteiger partial charge in [-0.25, -0.2) is 14.1 Å². The minimum absolute atomic E-state index is 0.0134. The first-order valence-electron chi connectivity index (χ1n) is 11.2. The molecule has 1 aliphatic heterocycles. The van der Waals surface area contributed by atoms with Crippen LogP contribution in [0.1, 0.15) is 48.5 Å². The van der Waals surface area contributed by atoms with Gasteiger partial charge in [0.25, 0.3) is 5.91 Å². The van der Waals surface area contributed by atoms with Crippen molar-refractivity contribution in [2.24, 2.45) is 0 Å². The number of halogens is 5. The first kappa shape index (κ1) is 23.2. The van der Waals surface area contributed by atoms with Crippen LogP contribution >= 0.6 is 11.6 Å². The van der Waals surface area contributed by atoms with Gasteiger partial charge in [0.15, 0.2) is 11.9 Å². The Labute approximate surface area is 207 Å². The van der Waals surface area contributed by atoms with Crippen molar-refractivity contribution in [3.05, 3.63) is 70.4 Å². The SMILES string of the molecule is O=C(NC12CC(c3ccnc(-n4cc(C(F)(F)F)cn4)c3)(C1)C2)[C@H]1C[C@@H](O)c2cc(Cl)c(F)cc2O1. The molecule has 0 spiro atoms. The van der Waals surface area contributed by atoms with E-state index in [1.807, 2.05) is 6.07 Å². The third kappa shape index (κ3) is 3.64. The monoisotopic (exact) mass is 522 g/mol. The summed E-state index contributed by atoms with van der Waals surface area (Å²) in [6, 6.07) is 5.90. The predicted octanol–water partition coefficient (Wildman–Crippen LogP) is 4.25. The van der Waals surface area contributed by atoms with Crippen molar-refractivity contribution >= 4 is 17.5 Å². The highest BCUT2D eigenvalue weighted by Crippen LogP contribution is 2.67. The molecule has 0 unspecified atom stereocenters. The van der Waals surface area contributed by atoms with Crippen molar-refractivity contribution in [1.82, 2.24) is 20.1 Å². The zero-order chi connectivity index (χ0) is 25.5. The number of carbonyl (C=O) groups is 1. The van der Waals surface area contributed by atoms with Crippen LogP contribution in [0.3, 0.4) is 0 Å². The number of nitrogens with one attached hydrogen (secondary N) is 1. The van der Waals surface area contributed by atoms with E-state index in [0.29, 0.717) is 24.8 Å². The second-order valence-electron chi connectivity index (χ2n) is 9.82. The lowest BCUT2D eigenvalue weighted by molar-refractivity contribution is -0.146. The third-order valence-electron chi connectivity index (χ3n) is 7.33. The smallest absolute Gasteiger partial charge is 0.419 e. The van der Waals surface area contributed by atoms with Gasteiger partial charge in [-0.2, -0.15) is 18.3 Å². The lowest BCUT2D eigenvalue weighted by atomic mass is 9.37. The average molecular weight is 523 g/mol. The topological polar surface area (TPSA) is 89.3 Å². The maximum Gasteiger partial charge on any atom is 0.419 e. The normalized spacial score (nSPS) is 28.4. The number of nitrogens with zero attached hydrogens (tertiary/aromatic N) is 3. The number of fused-ring (bicyclic) bond motifs is 1. The van der Waals surface area contributed by atoms with Gasteiger partial charge in [0.1, 0.15) is 11.6 Å². The fraction of sp³-hybridized carbons (Fsp3) is 0.375. The Bertz CT molecular complexity index is 1370. The molecule has 1 amide bonds.